The van der Waals surface area contributed by atoms with Crippen LogP contribution in [0.5, 0.6) is 5.75 Å². The second-order valence-electron chi connectivity index (χ2n) is 10.3. The lowest BCUT2D eigenvalue weighted by Gasteiger charge is -2.34. The average molecular weight is 481 g/mol. The van der Waals surface area contributed by atoms with Crippen LogP contribution in [0.15, 0.2) is 24.3 Å². The maximum Gasteiger partial charge on any atom is 0.263 e. The Bertz CT molecular complexity index is 1080. The van der Waals surface area contributed by atoms with Crippen molar-refractivity contribution in [2.45, 2.75) is 73.0 Å². The van der Waals surface area contributed by atoms with E-state index in [4.69, 9.17) is 10.5 Å². The van der Waals surface area contributed by atoms with Crippen molar-refractivity contribution in [3.05, 3.63) is 52.1 Å². The van der Waals surface area contributed by atoms with Gasteiger partial charge >= 0.3 is 0 Å². The second-order valence-corrected chi connectivity index (χ2v) is 10.3. The van der Waals surface area contributed by atoms with Crippen LogP contribution < -0.4 is 21.1 Å². The molecule has 0 radical (unpaired) electrons. The Morgan fingerprint density at radius 2 is 1.63 bits per heavy atom. The highest BCUT2D eigenvalue weighted by molar-refractivity contribution is 5.93. The number of ether oxygens (including phenoxy) is 1. The van der Waals surface area contributed by atoms with Crippen molar-refractivity contribution in [2.75, 3.05) is 30.7 Å². The molecular formula is C28H40N4O3. The summed E-state index contributed by atoms with van der Waals surface area (Å²) >= 11 is 0. The van der Waals surface area contributed by atoms with Gasteiger partial charge in [-0.25, -0.2) is 0 Å². The number of piperidine rings is 1. The van der Waals surface area contributed by atoms with Gasteiger partial charge in [-0.2, -0.15) is 0 Å². The average Bonchev–Trinajstić information content (AvgIpc) is 2.79. The summed E-state index contributed by atoms with van der Waals surface area (Å²) in [6.07, 6.45) is 1.58. The number of carbonyl (C=O) groups excluding carboxylic acids is 2. The van der Waals surface area contributed by atoms with Gasteiger partial charge in [-0.3, -0.25) is 14.5 Å². The van der Waals surface area contributed by atoms with Gasteiger partial charge in [0.05, 0.1) is 6.54 Å². The van der Waals surface area contributed by atoms with E-state index < -0.39 is 5.60 Å². The van der Waals surface area contributed by atoms with Crippen molar-refractivity contribution in [3.63, 3.8) is 0 Å². The minimum atomic E-state index is -1.03. The van der Waals surface area contributed by atoms with Crippen molar-refractivity contribution < 1.29 is 14.3 Å². The zero-order chi connectivity index (χ0) is 25.9. The molecule has 1 heterocycles. The highest BCUT2D eigenvalue weighted by Gasteiger charge is 2.33. The molecule has 7 nitrogen and oxygen atoms in total. The minimum Gasteiger partial charge on any atom is -0.478 e. The number of rotatable bonds is 7. The third kappa shape index (κ3) is 6.34. The molecule has 0 unspecified atom stereocenters. The molecule has 3 rings (SSSR count). The van der Waals surface area contributed by atoms with Crippen molar-refractivity contribution in [2.24, 2.45) is 0 Å². The van der Waals surface area contributed by atoms with Crippen LogP contribution in [0, 0.1) is 34.6 Å². The van der Waals surface area contributed by atoms with Gasteiger partial charge in [0.1, 0.15) is 5.75 Å². The molecule has 35 heavy (non-hydrogen) atoms. The van der Waals surface area contributed by atoms with Crippen LogP contribution in [0.2, 0.25) is 0 Å². The number of nitrogens with one attached hydrogen (secondary N) is 2. The summed E-state index contributed by atoms with van der Waals surface area (Å²) in [4.78, 5) is 27.8. The Morgan fingerprint density at radius 1 is 1.03 bits per heavy atom. The van der Waals surface area contributed by atoms with E-state index in [2.05, 4.69) is 15.5 Å². The number of anilines is 2. The molecule has 0 aliphatic carbocycles. The number of hydrogen-bond donors (Lipinski definition) is 3. The largest absolute Gasteiger partial charge is 0.478 e. The molecule has 0 atom stereocenters. The predicted molar refractivity (Wildman–Crippen MR) is 142 cm³/mol. The van der Waals surface area contributed by atoms with E-state index in [1.54, 1.807) is 13.8 Å². The Kier molecular flexibility index (Phi) is 8.11. The fourth-order valence-corrected chi connectivity index (χ4v) is 4.48. The highest BCUT2D eigenvalue weighted by atomic mass is 16.5. The summed E-state index contributed by atoms with van der Waals surface area (Å²) in [7, 11) is 0. The molecular weight excluding hydrogens is 440 g/mol. The summed E-state index contributed by atoms with van der Waals surface area (Å²) in [6, 6.07) is 7.94. The van der Waals surface area contributed by atoms with E-state index in [1.165, 1.54) is 0 Å². The summed E-state index contributed by atoms with van der Waals surface area (Å²) < 4.78 is 6.17. The van der Waals surface area contributed by atoms with Crippen LogP contribution in [0.4, 0.5) is 11.4 Å². The molecule has 0 aromatic heterocycles. The first-order valence-corrected chi connectivity index (χ1v) is 12.3. The fourth-order valence-electron chi connectivity index (χ4n) is 4.48. The lowest BCUT2D eigenvalue weighted by Crippen LogP contribution is -2.53. The fraction of sp³-hybridized carbons (Fsp3) is 0.500. The number of hydrogen-bond acceptors (Lipinski definition) is 5. The Labute approximate surface area is 209 Å². The molecule has 0 spiro atoms. The third-order valence-corrected chi connectivity index (χ3v) is 7.06. The molecule has 2 aromatic carbocycles. The SMILES string of the molecule is Cc1cc(OC(C)(C)C(=O)NC2CCN(CC(=O)Nc3c(C)cccc3C)CC2)c(C)c(C)c1N. The number of nitrogen functional groups attached to an aromatic ring is 1. The van der Waals surface area contributed by atoms with Gasteiger partial charge in [-0.1, -0.05) is 18.2 Å². The molecule has 1 aliphatic rings. The first-order chi connectivity index (χ1) is 16.4. The molecule has 2 aromatic rings. The van der Waals surface area contributed by atoms with Gasteiger partial charge in [-0.15, -0.1) is 0 Å². The number of carbonyl (C=O) groups is 2. The maximum absolute atomic E-state index is 13.1. The van der Waals surface area contributed by atoms with Crippen LogP contribution in [-0.2, 0) is 9.59 Å². The van der Waals surface area contributed by atoms with E-state index in [0.29, 0.717) is 12.3 Å². The Balaban J connectivity index is 1.51. The molecule has 0 bridgehead atoms. The topological polar surface area (TPSA) is 96.7 Å². The maximum atomic E-state index is 13.1. The molecule has 190 valence electrons. The van der Waals surface area contributed by atoms with Crippen molar-refractivity contribution in [1.29, 1.82) is 0 Å². The summed E-state index contributed by atoms with van der Waals surface area (Å²) in [5.74, 6) is 0.526. The van der Waals surface area contributed by atoms with Gasteiger partial charge in [0.25, 0.3) is 5.91 Å². The summed E-state index contributed by atoms with van der Waals surface area (Å²) in [5, 5.41) is 6.21. The molecule has 0 saturated carbocycles. The molecule has 4 N–H and O–H groups in total. The third-order valence-electron chi connectivity index (χ3n) is 7.06. The van der Waals surface area contributed by atoms with Gasteiger partial charge in [0.2, 0.25) is 5.91 Å². The molecule has 7 heteroatoms. The number of aryl methyl sites for hydroxylation is 3. The number of nitrogens with zero attached hydrogens (tertiary/aromatic N) is 1. The standard InChI is InChI=1S/C28H40N4O3/c1-17-9-8-10-18(2)26(17)31-24(33)16-32-13-11-22(12-14-32)30-27(34)28(6,7)35-23-15-19(3)25(29)21(5)20(23)4/h8-10,15,22H,11-14,16,29H2,1-7H3,(H,30,34)(H,31,33). The van der Waals surface area contributed by atoms with Crippen molar-refractivity contribution >= 4 is 23.2 Å². The van der Waals surface area contributed by atoms with Gasteiger partial charge in [0.15, 0.2) is 5.60 Å². The van der Waals surface area contributed by atoms with Gasteiger partial charge in [-0.05, 0) is 95.2 Å². The quantitative estimate of drug-likeness (QED) is 0.517. The second kappa shape index (κ2) is 10.7. The lowest BCUT2D eigenvalue weighted by atomic mass is 10.0. The van der Waals surface area contributed by atoms with E-state index in [-0.39, 0.29) is 17.9 Å². The van der Waals surface area contributed by atoms with Crippen LogP contribution in [0.1, 0.15) is 54.5 Å². The van der Waals surface area contributed by atoms with Gasteiger partial charge < -0.3 is 21.1 Å². The summed E-state index contributed by atoms with van der Waals surface area (Å²) in [5.41, 5.74) is 11.7. The van der Waals surface area contributed by atoms with Crippen molar-refractivity contribution in [1.82, 2.24) is 10.2 Å². The minimum absolute atomic E-state index is 0.0103. The highest BCUT2D eigenvalue weighted by Crippen LogP contribution is 2.31. The zero-order valence-corrected chi connectivity index (χ0v) is 22.2. The van der Waals surface area contributed by atoms with E-state index >= 15 is 0 Å². The number of likely N-dealkylation sites (tertiary alicyclic amines) is 1. The predicted octanol–water partition coefficient (Wildman–Crippen LogP) is 4.19. The Morgan fingerprint density at radius 3 is 2.23 bits per heavy atom. The summed E-state index contributed by atoms with van der Waals surface area (Å²) in [6.45, 7) is 15.3. The van der Waals surface area contributed by atoms with Gasteiger partial charge in [0, 0.05) is 30.5 Å². The first kappa shape index (κ1) is 26.5. The molecule has 1 aliphatic heterocycles. The smallest absolute Gasteiger partial charge is 0.263 e. The number of amides is 2. The van der Waals surface area contributed by atoms with Crippen LogP contribution in [0.25, 0.3) is 0 Å². The normalized spacial score (nSPS) is 15.1. The van der Waals surface area contributed by atoms with E-state index in [0.717, 1.165) is 65.1 Å². The molecule has 1 fully saturated rings. The van der Waals surface area contributed by atoms with Crippen LogP contribution in [0.3, 0.4) is 0 Å². The first-order valence-electron chi connectivity index (χ1n) is 12.3. The van der Waals surface area contributed by atoms with E-state index in [9.17, 15) is 9.59 Å². The van der Waals surface area contributed by atoms with Crippen molar-refractivity contribution in [3.8, 4) is 5.75 Å². The van der Waals surface area contributed by atoms with Crippen LogP contribution in [-0.4, -0.2) is 48.0 Å². The lowest BCUT2D eigenvalue weighted by molar-refractivity contribution is -0.135. The Hall–Kier alpha value is -3.06. The monoisotopic (exact) mass is 480 g/mol. The van der Waals surface area contributed by atoms with Crippen LogP contribution >= 0.6 is 0 Å². The number of benzene rings is 2. The zero-order valence-electron chi connectivity index (χ0n) is 22.2. The molecule has 1 saturated heterocycles. The molecule has 2 amide bonds. The number of para-hydroxylation sites is 1. The number of nitrogens with two attached hydrogens (primary N) is 1. The van der Waals surface area contributed by atoms with E-state index in [1.807, 2.05) is 58.9 Å².